The molecule has 0 saturated carbocycles. The van der Waals surface area contributed by atoms with Gasteiger partial charge in [0.2, 0.25) is 0 Å². The predicted molar refractivity (Wildman–Crippen MR) is 83.5 cm³/mol. The van der Waals surface area contributed by atoms with Crippen LogP contribution in [0.2, 0.25) is 0 Å². The van der Waals surface area contributed by atoms with Gasteiger partial charge in [0.25, 0.3) is 0 Å². The van der Waals surface area contributed by atoms with Gasteiger partial charge in [-0.05, 0) is 12.1 Å². The van der Waals surface area contributed by atoms with Crippen LogP contribution in [-0.2, 0) is 0 Å². The summed E-state index contributed by atoms with van der Waals surface area (Å²) in [6.45, 7) is 0. The number of halogens is 3. The number of hydrogen-bond acceptors (Lipinski definition) is 4. The van der Waals surface area contributed by atoms with Gasteiger partial charge in [-0.1, -0.05) is 42.2 Å². The van der Waals surface area contributed by atoms with Gasteiger partial charge in [0.05, 0.1) is 5.69 Å². The first-order valence-corrected chi connectivity index (χ1v) is 8.05. The maximum Gasteiger partial charge on any atom is 0.301 e. The lowest BCUT2D eigenvalue weighted by molar-refractivity contribution is 0.373. The van der Waals surface area contributed by atoms with Gasteiger partial charge >= 0.3 is 6.08 Å². The molecule has 1 aliphatic heterocycles. The minimum absolute atomic E-state index is 0.0989. The van der Waals surface area contributed by atoms with Crippen molar-refractivity contribution in [2.45, 2.75) is 11.1 Å². The zero-order chi connectivity index (χ0) is 14.5. The van der Waals surface area contributed by atoms with E-state index in [1.807, 2.05) is 30.3 Å². The van der Waals surface area contributed by atoms with Crippen molar-refractivity contribution in [3.8, 4) is 0 Å². The summed E-state index contributed by atoms with van der Waals surface area (Å²) in [6.07, 6.45) is -2.51. The van der Waals surface area contributed by atoms with Crippen molar-refractivity contribution in [2.24, 2.45) is 0 Å². The van der Waals surface area contributed by atoms with Gasteiger partial charge in [-0.3, -0.25) is 5.01 Å². The smallest absolute Gasteiger partial charge is 0.259 e. The minimum atomic E-state index is -2.24. The third kappa shape index (κ3) is 4.15. The van der Waals surface area contributed by atoms with Gasteiger partial charge < -0.3 is 0 Å². The number of rotatable bonds is 5. The normalized spacial score (nSPS) is 18.4. The summed E-state index contributed by atoms with van der Waals surface area (Å²) >= 11 is 8.01. The third-order valence-corrected chi connectivity index (χ3v) is 5.16. The van der Waals surface area contributed by atoms with Crippen molar-refractivity contribution in [3.63, 3.8) is 0 Å². The van der Waals surface area contributed by atoms with Gasteiger partial charge in [0, 0.05) is 12.2 Å². The lowest BCUT2D eigenvalue weighted by atomic mass is 10.3. The fraction of sp³-hybridized carbons (Fsp3) is 0.250. The van der Waals surface area contributed by atoms with Crippen LogP contribution >= 0.6 is 35.7 Å². The molecule has 1 aromatic rings. The number of nitrogens with zero attached hydrogens (tertiary/aromatic N) is 1. The summed E-state index contributed by atoms with van der Waals surface area (Å²) in [4.78, 5) is 0. The Labute approximate surface area is 128 Å². The van der Waals surface area contributed by atoms with Crippen molar-refractivity contribution in [1.29, 1.82) is 0 Å². The average molecular weight is 336 g/mol. The van der Waals surface area contributed by atoms with E-state index in [9.17, 15) is 13.2 Å². The number of para-hydroxylation sites is 1. The molecule has 1 aromatic carbocycles. The summed E-state index contributed by atoms with van der Waals surface area (Å²) in [5.74, 6) is -1.08. The molecule has 2 nitrogen and oxygen atoms in total. The maximum atomic E-state index is 12.7. The van der Waals surface area contributed by atoms with E-state index < -0.39 is 11.9 Å². The molecule has 108 valence electrons. The lowest BCUT2D eigenvalue weighted by Crippen LogP contribution is -2.36. The van der Waals surface area contributed by atoms with Crippen molar-refractivity contribution >= 4 is 45.7 Å². The van der Waals surface area contributed by atoms with Gasteiger partial charge in [-0.25, -0.2) is 9.82 Å². The molecule has 2 rings (SSSR count). The highest BCUT2D eigenvalue weighted by Crippen LogP contribution is 2.33. The molecule has 0 aromatic heterocycles. The van der Waals surface area contributed by atoms with E-state index in [1.165, 1.54) is 23.5 Å². The van der Waals surface area contributed by atoms with Crippen LogP contribution in [0.15, 0.2) is 42.2 Å². The molecule has 0 spiro atoms. The van der Waals surface area contributed by atoms with Gasteiger partial charge in [-0.15, -0.1) is 11.8 Å². The summed E-state index contributed by atoms with van der Waals surface area (Å²) in [5, 5.41) is 1.76. The molecular weight excluding hydrogens is 325 g/mol. The summed E-state index contributed by atoms with van der Waals surface area (Å²) in [6, 6.07) is 9.52. The Bertz CT molecular complexity index is 506. The van der Waals surface area contributed by atoms with Crippen LogP contribution in [0.25, 0.3) is 0 Å². The summed E-state index contributed by atoms with van der Waals surface area (Å²) in [7, 11) is 0. The number of allylic oxidation sites excluding steroid dienone is 1. The molecule has 1 unspecified atom stereocenters. The standard InChI is InChI=1S/C12H11F3N2S3/c13-9(10(14)15)6-7-19-11-16-17(12(18)20-11)8-4-2-1-3-5-8/h1-5,11,16H,6-7H2. The first-order chi connectivity index (χ1) is 9.58. The third-order valence-electron chi connectivity index (χ3n) is 2.44. The predicted octanol–water partition coefficient (Wildman–Crippen LogP) is 4.51. The van der Waals surface area contributed by atoms with Gasteiger partial charge in [-0.2, -0.15) is 8.78 Å². The fourth-order valence-corrected chi connectivity index (χ4v) is 4.27. The van der Waals surface area contributed by atoms with E-state index >= 15 is 0 Å². The molecule has 1 atom stereocenters. The van der Waals surface area contributed by atoms with Crippen molar-refractivity contribution in [2.75, 3.05) is 10.8 Å². The molecule has 0 aliphatic carbocycles. The monoisotopic (exact) mass is 336 g/mol. The lowest BCUT2D eigenvalue weighted by Gasteiger charge is -2.17. The van der Waals surface area contributed by atoms with E-state index in [1.54, 1.807) is 5.01 Å². The van der Waals surface area contributed by atoms with Crippen LogP contribution in [0.4, 0.5) is 18.9 Å². The van der Waals surface area contributed by atoms with Crippen LogP contribution in [0.1, 0.15) is 6.42 Å². The highest BCUT2D eigenvalue weighted by molar-refractivity contribution is 8.30. The van der Waals surface area contributed by atoms with Crippen LogP contribution < -0.4 is 10.4 Å². The summed E-state index contributed by atoms with van der Waals surface area (Å²) < 4.78 is 37.1. The van der Waals surface area contributed by atoms with E-state index in [2.05, 4.69) is 5.43 Å². The average Bonchev–Trinajstić information content (AvgIpc) is 2.80. The van der Waals surface area contributed by atoms with Crippen molar-refractivity contribution in [3.05, 3.63) is 42.2 Å². The quantitative estimate of drug-likeness (QED) is 0.793. The second-order valence-corrected chi connectivity index (χ2v) is 7.05. The first kappa shape index (κ1) is 15.7. The largest absolute Gasteiger partial charge is 0.301 e. The van der Waals surface area contributed by atoms with Crippen LogP contribution in [0, 0.1) is 0 Å². The number of benzene rings is 1. The Morgan fingerprint density at radius 3 is 2.65 bits per heavy atom. The molecule has 1 saturated heterocycles. The van der Waals surface area contributed by atoms with Gasteiger partial charge in [0.1, 0.15) is 4.71 Å². The maximum absolute atomic E-state index is 12.7. The van der Waals surface area contributed by atoms with Crippen molar-refractivity contribution < 1.29 is 13.2 Å². The number of nitrogens with one attached hydrogen (secondary N) is 1. The van der Waals surface area contributed by atoms with Crippen LogP contribution in [-0.4, -0.2) is 14.8 Å². The molecule has 1 fully saturated rings. The van der Waals surface area contributed by atoms with Gasteiger partial charge in [0.15, 0.2) is 10.1 Å². The molecular formula is C12H11F3N2S3. The Morgan fingerprint density at radius 2 is 2.00 bits per heavy atom. The second-order valence-electron chi connectivity index (χ2n) is 3.80. The van der Waals surface area contributed by atoms with Crippen LogP contribution in [0.5, 0.6) is 0 Å². The molecule has 20 heavy (non-hydrogen) atoms. The minimum Gasteiger partial charge on any atom is -0.259 e. The Morgan fingerprint density at radius 1 is 1.30 bits per heavy atom. The second kappa shape index (κ2) is 7.35. The molecule has 1 aliphatic rings. The molecule has 8 heteroatoms. The molecule has 0 bridgehead atoms. The van der Waals surface area contributed by atoms with Crippen molar-refractivity contribution in [1.82, 2.24) is 5.43 Å². The zero-order valence-electron chi connectivity index (χ0n) is 10.2. The highest BCUT2D eigenvalue weighted by atomic mass is 32.2. The number of hydrazine groups is 1. The van der Waals surface area contributed by atoms with E-state index in [0.717, 1.165) is 5.69 Å². The van der Waals surface area contributed by atoms with E-state index in [4.69, 9.17) is 12.2 Å². The Kier molecular flexibility index (Phi) is 5.76. The SMILES string of the molecule is FC(F)=C(F)CCSC1NN(c2ccccc2)C(=S)S1. The number of thioether (sulfide) groups is 2. The summed E-state index contributed by atoms with van der Waals surface area (Å²) in [5.41, 5.74) is 4.06. The molecule has 0 radical (unpaired) electrons. The number of anilines is 1. The fourth-order valence-electron chi connectivity index (χ4n) is 1.51. The zero-order valence-corrected chi connectivity index (χ0v) is 12.6. The van der Waals surface area contributed by atoms with E-state index in [-0.39, 0.29) is 16.9 Å². The number of thiocarbonyl (C=S) groups is 1. The topological polar surface area (TPSA) is 15.3 Å². The number of hydrogen-bond donors (Lipinski definition) is 1. The van der Waals surface area contributed by atoms with Crippen LogP contribution in [0.3, 0.4) is 0 Å². The Hall–Kier alpha value is -0.700. The molecule has 0 amide bonds. The first-order valence-electron chi connectivity index (χ1n) is 5.71. The Balaban J connectivity index is 1.85. The molecule has 1 heterocycles. The van der Waals surface area contributed by atoms with E-state index in [0.29, 0.717) is 4.32 Å². The molecule has 1 N–H and O–H groups in total. The highest BCUT2D eigenvalue weighted by Gasteiger charge is 2.28.